The van der Waals surface area contributed by atoms with Crippen molar-refractivity contribution >= 4 is 9.84 Å². The highest BCUT2D eigenvalue weighted by Crippen LogP contribution is 2.35. The minimum absolute atomic E-state index is 0.0390. The molecule has 1 N–H and O–H groups in total. The van der Waals surface area contributed by atoms with Crippen molar-refractivity contribution in [2.75, 3.05) is 12.3 Å². The molecule has 0 fully saturated rings. The Kier molecular flexibility index (Phi) is 5.22. The summed E-state index contributed by atoms with van der Waals surface area (Å²) in [5, 5.41) is 3.07. The van der Waals surface area contributed by atoms with Crippen molar-refractivity contribution in [1.82, 2.24) is 5.32 Å². The van der Waals surface area contributed by atoms with Gasteiger partial charge in [-0.3, -0.25) is 0 Å². The Hall–Kier alpha value is -0.870. The van der Waals surface area contributed by atoms with Gasteiger partial charge in [-0.25, -0.2) is 8.42 Å². The fourth-order valence-corrected chi connectivity index (χ4v) is 5.06. The number of nitrogens with one attached hydrogen (secondary N) is 1. The average Bonchev–Trinajstić information content (AvgIpc) is 2.80. The molecule has 1 aliphatic carbocycles. The lowest BCUT2D eigenvalue weighted by molar-refractivity contribution is 0.515. The van der Waals surface area contributed by atoms with E-state index in [2.05, 4.69) is 24.4 Å². The standard InChI is InChI=1S/C16H25NO2S/c1-3-5-8-11-20(18,19)15-12-13-9-6-7-10-14(13)16(15)17-4-2/h6-7,9-10,15-17H,3-5,8,11-12H2,1-2H3. The minimum Gasteiger partial charge on any atom is -0.309 e. The van der Waals surface area contributed by atoms with Crippen molar-refractivity contribution in [2.24, 2.45) is 0 Å². The summed E-state index contributed by atoms with van der Waals surface area (Å²) in [4.78, 5) is 0. The molecule has 1 aromatic rings. The number of rotatable bonds is 7. The normalized spacial score (nSPS) is 21.9. The SMILES string of the molecule is CCCCCS(=O)(=O)C1Cc2ccccc2C1NCC. The summed E-state index contributed by atoms with van der Waals surface area (Å²) in [5.74, 6) is 0.321. The van der Waals surface area contributed by atoms with Gasteiger partial charge in [-0.05, 0) is 30.5 Å². The maximum Gasteiger partial charge on any atom is 0.155 e. The summed E-state index contributed by atoms with van der Waals surface area (Å²) in [5.41, 5.74) is 2.35. The minimum atomic E-state index is -3.03. The second kappa shape index (κ2) is 6.72. The van der Waals surface area contributed by atoms with Gasteiger partial charge in [0.25, 0.3) is 0 Å². The third kappa shape index (κ3) is 3.23. The van der Waals surface area contributed by atoms with E-state index in [1.807, 2.05) is 19.1 Å². The Balaban J connectivity index is 2.20. The smallest absolute Gasteiger partial charge is 0.155 e. The van der Waals surface area contributed by atoms with Crippen molar-refractivity contribution in [3.8, 4) is 0 Å². The molecule has 0 radical (unpaired) electrons. The second-order valence-corrected chi connectivity index (χ2v) is 7.89. The largest absolute Gasteiger partial charge is 0.309 e. The molecule has 0 saturated carbocycles. The molecule has 1 aliphatic rings. The van der Waals surface area contributed by atoms with E-state index in [9.17, 15) is 8.42 Å². The first-order valence-corrected chi connectivity index (χ1v) is 9.34. The van der Waals surface area contributed by atoms with Crippen LogP contribution in [0.3, 0.4) is 0 Å². The van der Waals surface area contributed by atoms with E-state index in [1.165, 1.54) is 11.1 Å². The number of benzene rings is 1. The molecule has 0 aromatic heterocycles. The van der Waals surface area contributed by atoms with Gasteiger partial charge in [-0.1, -0.05) is 51.0 Å². The number of hydrogen-bond acceptors (Lipinski definition) is 3. The van der Waals surface area contributed by atoms with Gasteiger partial charge in [-0.2, -0.15) is 0 Å². The first kappa shape index (κ1) is 15.5. The third-order valence-electron chi connectivity index (χ3n) is 4.10. The number of hydrogen-bond donors (Lipinski definition) is 1. The van der Waals surface area contributed by atoms with Crippen LogP contribution in [0.15, 0.2) is 24.3 Å². The molecule has 0 bridgehead atoms. The third-order valence-corrected chi connectivity index (χ3v) is 6.32. The van der Waals surface area contributed by atoms with Crippen LogP contribution in [0.2, 0.25) is 0 Å². The lowest BCUT2D eigenvalue weighted by atomic mass is 10.1. The summed E-state index contributed by atoms with van der Waals surface area (Å²) in [6.07, 6.45) is 3.48. The zero-order chi connectivity index (χ0) is 14.6. The summed E-state index contributed by atoms with van der Waals surface area (Å²) in [7, 11) is -3.03. The van der Waals surface area contributed by atoms with Gasteiger partial charge >= 0.3 is 0 Å². The molecule has 0 saturated heterocycles. The Morgan fingerprint density at radius 2 is 1.95 bits per heavy atom. The summed E-state index contributed by atoms with van der Waals surface area (Å²) in [6, 6.07) is 8.07. The maximum absolute atomic E-state index is 12.6. The molecule has 0 spiro atoms. The van der Waals surface area contributed by atoms with Crippen molar-refractivity contribution in [1.29, 1.82) is 0 Å². The van der Waals surface area contributed by atoms with Gasteiger partial charge in [0.05, 0.1) is 11.0 Å². The predicted molar refractivity (Wildman–Crippen MR) is 83.7 cm³/mol. The van der Waals surface area contributed by atoms with Crippen LogP contribution < -0.4 is 5.32 Å². The van der Waals surface area contributed by atoms with Crippen molar-refractivity contribution in [3.63, 3.8) is 0 Å². The van der Waals surface area contributed by atoms with E-state index in [-0.39, 0.29) is 11.3 Å². The topological polar surface area (TPSA) is 46.2 Å². The zero-order valence-electron chi connectivity index (χ0n) is 12.4. The molecule has 0 aliphatic heterocycles. The molecule has 0 heterocycles. The van der Waals surface area contributed by atoms with E-state index >= 15 is 0 Å². The second-order valence-electron chi connectivity index (χ2n) is 5.55. The van der Waals surface area contributed by atoms with Crippen LogP contribution in [-0.4, -0.2) is 26.0 Å². The van der Waals surface area contributed by atoms with E-state index < -0.39 is 9.84 Å². The highest BCUT2D eigenvalue weighted by molar-refractivity contribution is 7.92. The van der Waals surface area contributed by atoms with Crippen molar-refractivity contribution < 1.29 is 8.42 Å². The maximum atomic E-state index is 12.6. The van der Waals surface area contributed by atoms with Crippen LogP contribution in [0, 0.1) is 0 Å². The van der Waals surface area contributed by atoms with Crippen LogP contribution in [0.5, 0.6) is 0 Å². The van der Waals surface area contributed by atoms with Crippen LogP contribution >= 0.6 is 0 Å². The zero-order valence-corrected chi connectivity index (χ0v) is 13.2. The van der Waals surface area contributed by atoms with Crippen molar-refractivity contribution in [3.05, 3.63) is 35.4 Å². The Morgan fingerprint density at radius 3 is 2.65 bits per heavy atom. The first-order valence-electron chi connectivity index (χ1n) is 7.63. The number of sulfone groups is 1. The highest BCUT2D eigenvalue weighted by Gasteiger charge is 2.39. The predicted octanol–water partition coefficient (Wildman–Crippen LogP) is 2.87. The van der Waals surface area contributed by atoms with Crippen LogP contribution in [-0.2, 0) is 16.3 Å². The Morgan fingerprint density at radius 1 is 1.20 bits per heavy atom. The number of fused-ring (bicyclic) bond motifs is 1. The summed E-state index contributed by atoms with van der Waals surface area (Å²) in [6.45, 7) is 4.92. The number of unbranched alkanes of at least 4 members (excludes halogenated alkanes) is 2. The summed E-state index contributed by atoms with van der Waals surface area (Å²) < 4.78 is 25.2. The van der Waals surface area contributed by atoms with Gasteiger partial charge in [0, 0.05) is 6.04 Å². The average molecular weight is 295 g/mol. The molecule has 20 heavy (non-hydrogen) atoms. The van der Waals surface area contributed by atoms with Gasteiger partial charge in [-0.15, -0.1) is 0 Å². The van der Waals surface area contributed by atoms with E-state index in [1.54, 1.807) is 0 Å². The Bertz CT molecular complexity index is 539. The molecule has 3 nitrogen and oxygen atoms in total. The highest BCUT2D eigenvalue weighted by atomic mass is 32.2. The molecule has 4 heteroatoms. The lowest BCUT2D eigenvalue weighted by Gasteiger charge is -2.21. The molecule has 2 atom stereocenters. The quantitative estimate of drug-likeness (QED) is 0.787. The molecular formula is C16H25NO2S. The molecule has 2 unspecified atom stereocenters. The van der Waals surface area contributed by atoms with Gasteiger partial charge in [0.2, 0.25) is 0 Å². The lowest BCUT2D eigenvalue weighted by Crippen LogP contribution is -2.36. The Labute approximate surface area is 122 Å². The fourth-order valence-electron chi connectivity index (χ4n) is 3.06. The summed E-state index contributed by atoms with van der Waals surface area (Å²) >= 11 is 0. The fraction of sp³-hybridized carbons (Fsp3) is 0.625. The molecule has 2 rings (SSSR count). The molecule has 0 amide bonds. The van der Waals surface area contributed by atoms with Gasteiger partial charge < -0.3 is 5.32 Å². The molecule has 1 aromatic carbocycles. The monoisotopic (exact) mass is 295 g/mol. The van der Waals surface area contributed by atoms with Crippen LogP contribution in [0.4, 0.5) is 0 Å². The van der Waals surface area contributed by atoms with E-state index in [0.717, 1.165) is 25.8 Å². The first-order chi connectivity index (χ1) is 9.60. The molecule has 112 valence electrons. The van der Waals surface area contributed by atoms with E-state index in [0.29, 0.717) is 12.2 Å². The molecular weight excluding hydrogens is 270 g/mol. The van der Waals surface area contributed by atoms with Gasteiger partial charge in [0.15, 0.2) is 9.84 Å². The van der Waals surface area contributed by atoms with Crippen LogP contribution in [0.25, 0.3) is 0 Å². The van der Waals surface area contributed by atoms with Crippen molar-refractivity contribution in [2.45, 2.75) is 50.8 Å². The van der Waals surface area contributed by atoms with Crippen LogP contribution in [0.1, 0.15) is 50.3 Å². The van der Waals surface area contributed by atoms with Gasteiger partial charge in [0.1, 0.15) is 0 Å². The van der Waals surface area contributed by atoms with E-state index in [4.69, 9.17) is 0 Å².